The van der Waals surface area contributed by atoms with Crippen LogP contribution in [0.25, 0.3) is 99.5 Å². The van der Waals surface area contributed by atoms with Gasteiger partial charge >= 0.3 is 0 Å². The summed E-state index contributed by atoms with van der Waals surface area (Å²) in [7, 11) is 0. The number of aromatic nitrogens is 4. The van der Waals surface area contributed by atoms with Gasteiger partial charge in [-0.2, -0.15) is 0 Å². The van der Waals surface area contributed by atoms with Crippen molar-refractivity contribution in [3.8, 4) is 56.4 Å². The molecule has 0 saturated carbocycles. The first-order chi connectivity index (χ1) is 25.8. The Labute approximate surface area is 300 Å². The minimum absolute atomic E-state index is 0.627. The summed E-state index contributed by atoms with van der Waals surface area (Å²) in [6.07, 6.45) is 3.84. The number of rotatable bonds is 5. The quantitative estimate of drug-likeness (QED) is 0.136. The minimum Gasteiger partial charge on any atom is -0.263 e. The van der Waals surface area contributed by atoms with Crippen molar-refractivity contribution >= 4 is 43.1 Å². The summed E-state index contributed by atoms with van der Waals surface area (Å²) in [5.74, 6) is 1.90. The standard InChI is InChI=1S/C48H30N4/c1-2-11-34(12-3-1)46-50-47(35-22-18-32(19-23-35)44-30-49-29-38-14-6-8-16-40(38)44)52-48(51-46)36-24-20-33(21-25-36)45-41-17-9-5-13-37(41)28-43-39-15-7-4-10-31(39)26-27-42(43)45/h1-30H. The van der Waals surface area contributed by atoms with Crippen molar-refractivity contribution in [2.24, 2.45) is 0 Å². The van der Waals surface area contributed by atoms with Gasteiger partial charge in [-0.15, -0.1) is 0 Å². The maximum Gasteiger partial charge on any atom is 0.164 e. The fraction of sp³-hybridized carbons (Fsp3) is 0. The van der Waals surface area contributed by atoms with E-state index in [4.69, 9.17) is 15.0 Å². The highest BCUT2D eigenvalue weighted by Crippen LogP contribution is 2.40. The molecule has 242 valence electrons. The SMILES string of the molecule is c1ccc(-c2nc(-c3ccc(-c4cncc5ccccc45)cc3)nc(-c3ccc(-c4c5ccccc5cc5c4ccc4ccccc45)cc3)n2)cc1. The van der Waals surface area contributed by atoms with Gasteiger partial charge < -0.3 is 0 Å². The van der Waals surface area contributed by atoms with Crippen molar-refractivity contribution in [3.05, 3.63) is 182 Å². The molecule has 0 spiro atoms. The van der Waals surface area contributed by atoms with Gasteiger partial charge in [0.05, 0.1) is 0 Å². The van der Waals surface area contributed by atoms with Crippen LogP contribution in [0.4, 0.5) is 0 Å². The van der Waals surface area contributed by atoms with Crippen molar-refractivity contribution in [2.45, 2.75) is 0 Å². The average molecular weight is 663 g/mol. The molecule has 52 heavy (non-hydrogen) atoms. The van der Waals surface area contributed by atoms with E-state index in [1.54, 1.807) is 0 Å². The number of hydrogen-bond acceptors (Lipinski definition) is 4. The molecule has 4 heteroatoms. The Kier molecular flexibility index (Phi) is 7.10. The zero-order valence-electron chi connectivity index (χ0n) is 28.1. The lowest BCUT2D eigenvalue weighted by Gasteiger charge is -2.14. The van der Waals surface area contributed by atoms with Gasteiger partial charge in [0.1, 0.15) is 0 Å². The molecular formula is C48H30N4. The lowest BCUT2D eigenvalue weighted by molar-refractivity contribution is 1.07. The van der Waals surface area contributed by atoms with Crippen molar-refractivity contribution in [3.63, 3.8) is 0 Å². The second kappa shape index (κ2) is 12.4. The van der Waals surface area contributed by atoms with Crippen LogP contribution in [0.1, 0.15) is 0 Å². The number of fused-ring (bicyclic) bond motifs is 5. The van der Waals surface area contributed by atoms with Crippen LogP contribution in [0.3, 0.4) is 0 Å². The van der Waals surface area contributed by atoms with Crippen LogP contribution in [-0.2, 0) is 0 Å². The van der Waals surface area contributed by atoms with Gasteiger partial charge in [0.2, 0.25) is 0 Å². The molecule has 0 saturated heterocycles. The van der Waals surface area contributed by atoms with E-state index in [2.05, 4.69) is 138 Å². The van der Waals surface area contributed by atoms with E-state index in [1.165, 1.54) is 43.3 Å². The van der Waals surface area contributed by atoms with Gasteiger partial charge in [-0.05, 0) is 60.5 Å². The fourth-order valence-electron chi connectivity index (χ4n) is 7.41. The first-order valence-electron chi connectivity index (χ1n) is 17.5. The molecule has 10 aromatic rings. The maximum absolute atomic E-state index is 5.05. The van der Waals surface area contributed by atoms with E-state index >= 15 is 0 Å². The summed E-state index contributed by atoms with van der Waals surface area (Å²) in [6.45, 7) is 0. The smallest absolute Gasteiger partial charge is 0.164 e. The molecule has 0 amide bonds. The van der Waals surface area contributed by atoms with E-state index in [9.17, 15) is 0 Å². The zero-order valence-corrected chi connectivity index (χ0v) is 28.1. The minimum atomic E-state index is 0.627. The molecule has 8 aromatic carbocycles. The third kappa shape index (κ3) is 5.17. The molecule has 0 aliphatic carbocycles. The first-order valence-corrected chi connectivity index (χ1v) is 17.5. The summed E-state index contributed by atoms with van der Waals surface area (Å²) in [5.41, 5.74) is 7.36. The van der Waals surface area contributed by atoms with Crippen molar-refractivity contribution in [1.82, 2.24) is 19.9 Å². The third-order valence-electron chi connectivity index (χ3n) is 9.99. The van der Waals surface area contributed by atoms with E-state index < -0.39 is 0 Å². The first kappa shape index (κ1) is 29.8. The van der Waals surface area contributed by atoms with Crippen LogP contribution in [0, 0.1) is 0 Å². The van der Waals surface area contributed by atoms with E-state index in [1.807, 2.05) is 48.8 Å². The fourth-order valence-corrected chi connectivity index (χ4v) is 7.41. The highest BCUT2D eigenvalue weighted by atomic mass is 15.0. The van der Waals surface area contributed by atoms with Gasteiger partial charge in [0.15, 0.2) is 17.5 Å². The Morgan fingerprint density at radius 1 is 0.288 bits per heavy atom. The van der Waals surface area contributed by atoms with Crippen LogP contribution in [-0.4, -0.2) is 19.9 Å². The van der Waals surface area contributed by atoms with Crippen LogP contribution in [0.5, 0.6) is 0 Å². The van der Waals surface area contributed by atoms with Crippen LogP contribution in [0.2, 0.25) is 0 Å². The predicted octanol–water partition coefficient (Wildman–Crippen LogP) is 12.2. The molecule has 0 N–H and O–H groups in total. The van der Waals surface area contributed by atoms with Crippen molar-refractivity contribution in [1.29, 1.82) is 0 Å². The van der Waals surface area contributed by atoms with Gasteiger partial charge in [-0.25, -0.2) is 15.0 Å². The van der Waals surface area contributed by atoms with E-state index in [0.717, 1.165) is 38.8 Å². The van der Waals surface area contributed by atoms with Gasteiger partial charge in [0, 0.05) is 40.0 Å². The van der Waals surface area contributed by atoms with Crippen LogP contribution < -0.4 is 0 Å². The Hall–Kier alpha value is -7.04. The number of pyridine rings is 1. The third-order valence-corrected chi connectivity index (χ3v) is 9.99. The topological polar surface area (TPSA) is 51.6 Å². The molecular weight excluding hydrogens is 633 g/mol. The van der Waals surface area contributed by atoms with Crippen molar-refractivity contribution in [2.75, 3.05) is 0 Å². The monoisotopic (exact) mass is 662 g/mol. The normalized spacial score (nSPS) is 11.5. The Bertz CT molecular complexity index is 2930. The molecule has 0 fully saturated rings. The van der Waals surface area contributed by atoms with E-state index in [0.29, 0.717) is 17.5 Å². The molecule has 2 heterocycles. The Morgan fingerprint density at radius 2 is 0.808 bits per heavy atom. The average Bonchev–Trinajstić information content (AvgIpc) is 3.23. The summed E-state index contributed by atoms with van der Waals surface area (Å²) < 4.78 is 0. The Balaban J connectivity index is 1.08. The van der Waals surface area contributed by atoms with Crippen molar-refractivity contribution < 1.29 is 0 Å². The largest absolute Gasteiger partial charge is 0.263 e. The molecule has 0 unspecified atom stereocenters. The molecule has 4 nitrogen and oxygen atoms in total. The molecule has 0 radical (unpaired) electrons. The molecule has 0 aliphatic rings. The van der Waals surface area contributed by atoms with Gasteiger partial charge in [0.25, 0.3) is 0 Å². The number of hydrogen-bond donors (Lipinski definition) is 0. The number of benzene rings is 8. The molecule has 0 bridgehead atoms. The summed E-state index contributed by atoms with van der Waals surface area (Å²) in [6, 6.07) is 59.6. The predicted molar refractivity (Wildman–Crippen MR) is 215 cm³/mol. The molecule has 0 aliphatic heterocycles. The summed E-state index contributed by atoms with van der Waals surface area (Å²) in [4.78, 5) is 19.5. The van der Waals surface area contributed by atoms with Crippen LogP contribution in [0.15, 0.2) is 182 Å². The Morgan fingerprint density at radius 3 is 1.50 bits per heavy atom. The summed E-state index contributed by atoms with van der Waals surface area (Å²) in [5, 5.41) is 9.75. The molecule has 10 rings (SSSR count). The molecule has 2 aromatic heterocycles. The zero-order chi connectivity index (χ0) is 34.4. The van der Waals surface area contributed by atoms with Crippen LogP contribution >= 0.6 is 0 Å². The van der Waals surface area contributed by atoms with Gasteiger partial charge in [-0.1, -0.05) is 164 Å². The molecule has 0 atom stereocenters. The summed E-state index contributed by atoms with van der Waals surface area (Å²) >= 11 is 0. The highest BCUT2D eigenvalue weighted by Gasteiger charge is 2.16. The number of nitrogens with zero attached hydrogens (tertiary/aromatic N) is 4. The second-order valence-corrected chi connectivity index (χ2v) is 13.1. The van der Waals surface area contributed by atoms with Gasteiger partial charge in [-0.3, -0.25) is 4.98 Å². The van der Waals surface area contributed by atoms with E-state index in [-0.39, 0.29) is 0 Å². The highest BCUT2D eigenvalue weighted by molar-refractivity contribution is 6.20. The second-order valence-electron chi connectivity index (χ2n) is 13.1. The lowest BCUT2D eigenvalue weighted by atomic mass is 9.89. The maximum atomic E-state index is 5.05. The lowest BCUT2D eigenvalue weighted by Crippen LogP contribution is -2.00.